The van der Waals surface area contributed by atoms with Crippen molar-refractivity contribution in [3.8, 4) is 5.75 Å². The molecular weight excluding hydrogens is 478 g/mol. The van der Waals surface area contributed by atoms with Crippen molar-refractivity contribution in [1.82, 2.24) is 4.90 Å². The molecule has 3 aromatic rings. The molecule has 0 aromatic heterocycles. The molecule has 3 aromatic carbocycles. The van der Waals surface area contributed by atoms with Crippen LogP contribution < -0.4 is 15.4 Å². The van der Waals surface area contributed by atoms with Crippen molar-refractivity contribution in [2.75, 3.05) is 23.8 Å². The first-order valence-electron chi connectivity index (χ1n) is 13.3. The molecular formula is C31H29N3O4. The van der Waals surface area contributed by atoms with Gasteiger partial charge in [-0.2, -0.15) is 0 Å². The SMILES string of the molecule is CCOc1ccccc1C(=O)[C@@H]1[C@@H]2CCCN2[C@]2(C(=O)Nc3ccc(C)cc32)[C@@]12C(=O)Nc1ccccc12. The fourth-order valence-electron chi connectivity index (χ4n) is 7.81. The third-order valence-corrected chi connectivity index (χ3v) is 8.99. The van der Waals surface area contributed by atoms with Crippen molar-refractivity contribution in [2.24, 2.45) is 5.92 Å². The monoisotopic (exact) mass is 507 g/mol. The van der Waals surface area contributed by atoms with Crippen LogP contribution in [0, 0.1) is 12.8 Å². The number of fused-ring (bicyclic) bond motifs is 7. The van der Waals surface area contributed by atoms with E-state index in [0.717, 1.165) is 24.0 Å². The zero-order chi connectivity index (χ0) is 26.2. The van der Waals surface area contributed by atoms with Crippen LogP contribution in [-0.4, -0.2) is 41.7 Å². The van der Waals surface area contributed by atoms with Gasteiger partial charge in [-0.05, 0) is 63.1 Å². The number of anilines is 2. The van der Waals surface area contributed by atoms with Crippen molar-refractivity contribution in [1.29, 1.82) is 0 Å². The minimum atomic E-state index is -1.45. The fourth-order valence-corrected chi connectivity index (χ4v) is 7.81. The number of Topliss-reactive ketones (excluding diaryl/α,β-unsaturated/α-hetero) is 1. The number of rotatable bonds is 4. The summed E-state index contributed by atoms with van der Waals surface area (Å²) in [4.78, 5) is 46.0. The van der Waals surface area contributed by atoms with Crippen LogP contribution in [0.2, 0.25) is 0 Å². The number of ketones is 1. The van der Waals surface area contributed by atoms with Gasteiger partial charge in [-0.15, -0.1) is 0 Å². The van der Waals surface area contributed by atoms with Gasteiger partial charge in [-0.1, -0.05) is 48.0 Å². The number of nitrogens with one attached hydrogen (secondary N) is 2. The Morgan fingerprint density at radius 3 is 2.55 bits per heavy atom. The summed E-state index contributed by atoms with van der Waals surface area (Å²) in [7, 11) is 0. The van der Waals surface area contributed by atoms with Crippen molar-refractivity contribution in [2.45, 2.75) is 43.7 Å². The quantitative estimate of drug-likeness (QED) is 0.511. The molecule has 0 radical (unpaired) electrons. The molecule has 7 heteroatoms. The van der Waals surface area contributed by atoms with Crippen molar-refractivity contribution >= 4 is 29.0 Å². The maximum absolute atomic E-state index is 14.8. The molecule has 0 bridgehead atoms. The van der Waals surface area contributed by atoms with E-state index in [4.69, 9.17) is 4.74 Å². The Morgan fingerprint density at radius 1 is 0.974 bits per heavy atom. The molecule has 4 aliphatic heterocycles. The predicted octanol–water partition coefficient (Wildman–Crippen LogP) is 4.41. The van der Waals surface area contributed by atoms with E-state index in [2.05, 4.69) is 15.5 Å². The first kappa shape index (κ1) is 23.2. The highest BCUT2D eigenvalue weighted by atomic mass is 16.5. The Hall–Kier alpha value is -3.97. The lowest BCUT2D eigenvalue weighted by Gasteiger charge is -2.43. The standard InChI is InChI=1S/C31H29N3O4/c1-3-38-25-13-7-4-9-19(25)27(35)26-24-12-8-16-34(24)31(21-17-18(2)14-15-23(21)33-29(31)37)30(26)20-10-5-6-11-22(20)32-28(30)36/h4-7,9-11,13-15,17,24,26H,3,8,12,16H2,1-2H3,(H,32,36)(H,33,37)/t24-,26-,30+,31+/m0/s1. The summed E-state index contributed by atoms with van der Waals surface area (Å²) in [6.07, 6.45) is 1.57. The number of para-hydroxylation sites is 2. The summed E-state index contributed by atoms with van der Waals surface area (Å²) in [5.74, 6) is -0.995. The van der Waals surface area contributed by atoms with Gasteiger partial charge < -0.3 is 15.4 Å². The summed E-state index contributed by atoms with van der Waals surface area (Å²) in [5.41, 5.74) is 1.47. The molecule has 2 N–H and O–H groups in total. The first-order chi connectivity index (χ1) is 18.5. The normalized spacial score (nSPS) is 28.8. The summed E-state index contributed by atoms with van der Waals surface area (Å²) in [5, 5.41) is 6.19. The highest BCUT2D eigenvalue weighted by Crippen LogP contribution is 2.68. The molecule has 38 heavy (non-hydrogen) atoms. The van der Waals surface area contributed by atoms with Crippen LogP contribution in [0.15, 0.2) is 66.7 Å². The van der Waals surface area contributed by atoms with Crippen LogP contribution in [-0.2, 0) is 20.5 Å². The summed E-state index contributed by atoms with van der Waals surface area (Å²) >= 11 is 0. The average molecular weight is 508 g/mol. The Labute approximate surface area is 221 Å². The van der Waals surface area contributed by atoms with Gasteiger partial charge in [-0.25, -0.2) is 0 Å². The number of carbonyl (C=O) groups is 3. The van der Waals surface area contributed by atoms with Gasteiger partial charge in [-0.3, -0.25) is 19.3 Å². The van der Waals surface area contributed by atoms with E-state index in [9.17, 15) is 14.4 Å². The zero-order valence-electron chi connectivity index (χ0n) is 21.4. The van der Waals surface area contributed by atoms with E-state index >= 15 is 0 Å². The van der Waals surface area contributed by atoms with Crippen LogP contribution in [0.4, 0.5) is 11.4 Å². The second-order valence-corrected chi connectivity index (χ2v) is 10.7. The van der Waals surface area contributed by atoms with Gasteiger partial charge >= 0.3 is 0 Å². The minimum Gasteiger partial charge on any atom is -0.493 e. The summed E-state index contributed by atoms with van der Waals surface area (Å²) in [6.45, 7) is 4.91. The summed E-state index contributed by atoms with van der Waals surface area (Å²) in [6, 6.07) is 20.4. The lowest BCUT2D eigenvalue weighted by atomic mass is 9.57. The first-order valence-corrected chi connectivity index (χ1v) is 13.3. The Balaban J connectivity index is 1.58. The molecule has 0 aliphatic carbocycles. The van der Waals surface area contributed by atoms with E-state index in [0.29, 0.717) is 41.4 Å². The van der Waals surface area contributed by atoms with Gasteiger partial charge in [0.1, 0.15) is 16.7 Å². The molecule has 7 rings (SSSR count). The number of benzene rings is 3. The third kappa shape index (κ3) is 2.59. The van der Waals surface area contributed by atoms with Crippen LogP contribution >= 0.6 is 0 Å². The topological polar surface area (TPSA) is 87.7 Å². The molecule has 2 spiro atoms. The van der Waals surface area contributed by atoms with Crippen LogP contribution in [0.3, 0.4) is 0 Å². The Morgan fingerprint density at radius 2 is 1.71 bits per heavy atom. The Kier molecular flexibility index (Phi) is 4.89. The number of hydrogen-bond donors (Lipinski definition) is 2. The number of hydrogen-bond acceptors (Lipinski definition) is 5. The van der Waals surface area contributed by atoms with Crippen molar-refractivity contribution < 1.29 is 19.1 Å². The summed E-state index contributed by atoms with van der Waals surface area (Å²) < 4.78 is 5.87. The fraction of sp³-hybridized carbons (Fsp3) is 0.323. The number of carbonyl (C=O) groups excluding carboxylic acids is 3. The average Bonchev–Trinajstić information content (AvgIpc) is 3.63. The van der Waals surface area contributed by atoms with Gasteiger partial charge in [0.05, 0.1) is 18.1 Å². The Bertz CT molecular complexity index is 1530. The largest absolute Gasteiger partial charge is 0.493 e. The van der Waals surface area contributed by atoms with E-state index < -0.39 is 16.9 Å². The van der Waals surface area contributed by atoms with Crippen LogP contribution in [0.5, 0.6) is 5.75 Å². The lowest BCUT2D eigenvalue weighted by Crippen LogP contribution is -2.62. The second-order valence-electron chi connectivity index (χ2n) is 10.7. The molecule has 4 heterocycles. The third-order valence-electron chi connectivity index (χ3n) is 8.99. The molecule has 2 amide bonds. The molecule has 7 nitrogen and oxygen atoms in total. The minimum absolute atomic E-state index is 0.163. The predicted molar refractivity (Wildman–Crippen MR) is 143 cm³/mol. The molecule has 192 valence electrons. The van der Waals surface area contributed by atoms with Crippen LogP contribution in [0.1, 0.15) is 46.8 Å². The van der Waals surface area contributed by atoms with E-state index in [1.165, 1.54) is 0 Å². The molecule has 2 fully saturated rings. The molecule has 0 saturated carbocycles. The maximum atomic E-state index is 14.8. The number of aryl methyl sites for hydroxylation is 1. The number of nitrogens with zero attached hydrogens (tertiary/aromatic N) is 1. The van der Waals surface area contributed by atoms with E-state index in [1.807, 2.05) is 68.4 Å². The smallest absolute Gasteiger partial charge is 0.251 e. The van der Waals surface area contributed by atoms with E-state index in [1.54, 1.807) is 12.1 Å². The second kappa shape index (κ2) is 8.01. The molecule has 0 unspecified atom stereocenters. The molecule has 4 atom stereocenters. The van der Waals surface area contributed by atoms with E-state index in [-0.39, 0.29) is 23.6 Å². The van der Waals surface area contributed by atoms with Gasteiger partial charge in [0.2, 0.25) is 5.91 Å². The van der Waals surface area contributed by atoms with Crippen molar-refractivity contribution in [3.63, 3.8) is 0 Å². The highest BCUT2D eigenvalue weighted by Gasteiger charge is 2.81. The van der Waals surface area contributed by atoms with Gasteiger partial charge in [0.15, 0.2) is 5.78 Å². The number of ether oxygens (including phenoxy) is 1. The maximum Gasteiger partial charge on any atom is 0.251 e. The van der Waals surface area contributed by atoms with Crippen molar-refractivity contribution in [3.05, 3.63) is 89.0 Å². The lowest BCUT2D eigenvalue weighted by molar-refractivity contribution is -0.137. The van der Waals surface area contributed by atoms with Crippen LogP contribution in [0.25, 0.3) is 0 Å². The molecule has 4 aliphatic rings. The van der Waals surface area contributed by atoms with Gasteiger partial charge in [0, 0.05) is 23.0 Å². The molecule has 2 saturated heterocycles. The number of amides is 2. The zero-order valence-corrected chi connectivity index (χ0v) is 21.4. The highest BCUT2D eigenvalue weighted by molar-refractivity contribution is 6.21. The van der Waals surface area contributed by atoms with Gasteiger partial charge in [0.25, 0.3) is 5.91 Å².